The van der Waals surface area contributed by atoms with Gasteiger partial charge in [0.05, 0.1) is 10.6 Å². The van der Waals surface area contributed by atoms with Gasteiger partial charge in [-0.05, 0) is 54.8 Å². The highest BCUT2D eigenvalue weighted by atomic mass is 35.5. The van der Waals surface area contributed by atoms with E-state index < -0.39 is 10.0 Å². The van der Waals surface area contributed by atoms with Crippen molar-refractivity contribution < 1.29 is 13.2 Å². The molecule has 5 nitrogen and oxygen atoms in total. The minimum atomic E-state index is -3.56. The summed E-state index contributed by atoms with van der Waals surface area (Å²) < 4.78 is 25.9. The van der Waals surface area contributed by atoms with E-state index >= 15 is 0 Å². The molecule has 0 radical (unpaired) electrons. The molecular weight excluding hydrogens is 404 g/mol. The molecule has 0 aliphatic carbocycles. The lowest BCUT2D eigenvalue weighted by molar-refractivity contribution is -0.113. The maximum atomic E-state index is 12.4. The predicted molar refractivity (Wildman–Crippen MR) is 113 cm³/mol. The number of halogens is 1. The van der Waals surface area contributed by atoms with E-state index in [-0.39, 0.29) is 16.6 Å². The van der Waals surface area contributed by atoms with E-state index in [0.29, 0.717) is 16.5 Å². The quantitative estimate of drug-likeness (QED) is 0.724. The number of nitrogens with one attached hydrogen (secondary N) is 1. The van der Waals surface area contributed by atoms with Gasteiger partial charge in [0.15, 0.2) is 0 Å². The molecule has 0 fully saturated rings. The summed E-state index contributed by atoms with van der Waals surface area (Å²) in [5, 5.41) is 3.51. The van der Waals surface area contributed by atoms with Crippen LogP contribution < -0.4 is 5.32 Å². The Balaban J connectivity index is 2.06. The van der Waals surface area contributed by atoms with Gasteiger partial charge in [-0.15, -0.1) is 11.8 Å². The first kappa shape index (κ1) is 21.8. The van der Waals surface area contributed by atoms with Gasteiger partial charge in [-0.25, -0.2) is 12.7 Å². The van der Waals surface area contributed by atoms with E-state index in [1.54, 1.807) is 6.07 Å². The summed E-state index contributed by atoms with van der Waals surface area (Å²) in [4.78, 5) is 12.5. The number of hydrogen-bond donors (Lipinski definition) is 1. The van der Waals surface area contributed by atoms with E-state index in [1.165, 1.54) is 31.9 Å². The minimum Gasteiger partial charge on any atom is -0.325 e. The fraction of sp³-hybridized carbons (Fsp3) is 0.316. The Morgan fingerprint density at radius 2 is 1.78 bits per heavy atom. The Kier molecular flexibility index (Phi) is 7.33. The van der Waals surface area contributed by atoms with Crippen molar-refractivity contribution in [1.29, 1.82) is 0 Å². The number of anilines is 1. The van der Waals surface area contributed by atoms with Gasteiger partial charge in [-0.2, -0.15) is 0 Å². The maximum absolute atomic E-state index is 12.4. The van der Waals surface area contributed by atoms with Gasteiger partial charge >= 0.3 is 0 Å². The van der Waals surface area contributed by atoms with Crippen molar-refractivity contribution in [2.24, 2.45) is 0 Å². The standard InChI is InChI=1S/C19H23ClN2O3S2/c1-13-9-17(27(24,25)22(3)4)10-18(14(13)2)21-19(23)12-26-11-15-5-7-16(20)8-6-15/h5-10H,11-12H2,1-4H3,(H,21,23). The molecule has 1 N–H and O–H groups in total. The average molecular weight is 427 g/mol. The first-order chi connectivity index (χ1) is 12.6. The van der Waals surface area contributed by atoms with E-state index in [2.05, 4.69) is 5.32 Å². The zero-order valence-corrected chi connectivity index (χ0v) is 18.1. The van der Waals surface area contributed by atoms with Gasteiger partial charge in [0.1, 0.15) is 0 Å². The predicted octanol–water partition coefficient (Wildman–Crippen LogP) is 4.08. The lowest BCUT2D eigenvalue weighted by atomic mass is 10.1. The summed E-state index contributed by atoms with van der Waals surface area (Å²) in [5.41, 5.74) is 3.27. The molecule has 0 heterocycles. The van der Waals surface area contributed by atoms with Gasteiger partial charge in [0.25, 0.3) is 0 Å². The molecule has 0 bridgehead atoms. The number of benzene rings is 2. The first-order valence-corrected chi connectivity index (χ1v) is 11.2. The number of thioether (sulfide) groups is 1. The summed E-state index contributed by atoms with van der Waals surface area (Å²) in [6.45, 7) is 3.69. The lowest BCUT2D eigenvalue weighted by Crippen LogP contribution is -2.23. The molecule has 0 aromatic heterocycles. The van der Waals surface area contributed by atoms with E-state index in [9.17, 15) is 13.2 Å². The molecule has 0 unspecified atom stereocenters. The Morgan fingerprint density at radius 3 is 2.37 bits per heavy atom. The van der Waals surface area contributed by atoms with Crippen molar-refractivity contribution in [3.8, 4) is 0 Å². The van der Waals surface area contributed by atoms with E-state index in [0.717, 1.165) is 21.0 Å². The molecule has 0 saturated heterocycles. The molecule has 1 amide bonds. The van der Waals surface area contributed by atoms with Crippen LogP contribution in [-0.2, 0) is 20.6 Å². The number of amides is 1. The van der Waals surface area contributed by atoms with Crippen molar-refractivity contribution >= 4 is 45.0 Å². The van der Waals surface area contributed by atoms with Gasteiger partial charge in [-0.3, -0.25) is 4.79 Å². The van der Waals surface area contributed by atoms with Crippen LogP contribution in [0.1, 0.15) is 16.7 Å². The molecule has 2 aromatic rings. The highest BCUT2D eigenvalue weighted by Gasteiger charge is 2.20. The second-order valence-electron chi connectivity index (χ2n) is 6.37. The smallest absolute Gasteiger partial charge is 0.242 e. The molecule has 0 saturated carbocycles. The maximum Gasteiger partial charge on any atom is 0.242 e. The molecule has 0 aliphatic heterocycles. The molecule has 8 heteroatoms. The van der Waals surface area contributed by atoms with Crippen molar-refractivity contribution in [2.75, 3.05) is 25.2 Å². The number of nitrogens with zero attached hydrogens (tertiary/aromatic N) is 1. The molecule has 0 aliphatic rings. The number of carbonyl (C=O) groups is 1. The average Bonchev–Trinajstić information content (AvgIpc) is 2.60. The SMILES string of the molecule is Cc1cc(S(=O)(=O)N(C)C)cc(NC(=O)CSCc2ccc(Cl)cc2)c1C. The molecule has 2 aromatic carbocycles. The third-order valence-electron chi connectivity index (χ3n) is 4.11. The zero-order valence-electron chi connectivity index (χ0n) is 15.7. The van der Waals surface area contributed by atoms with Crippen LogP contribution in [0.5, 0.6) is 0 Å². The van der Waals surface area contributed by atoms with Gasteiger partial charge in [0.2, 0.25) is 15.9 Å². The summed E-state index contributed by atoms with van der Waals surface area (Å²) in [6, 6.07) is 10.6. The summed E-state index contributed by atoms with van der Waals surface area (Å²) in [5.74, 6) is 0.791. The lowest BCUT2D eigenvalue weighted by Gasteiger charge is -2.16. The van der Waals surface area contributed by atoms with Gasteiger partial charge in [0, 0.05) is 30.6 Å². The van der Waals surface area contributed by atoms with Crippen LogP contribution in [0.3, 0.4) is 0 Å². The number of rotatable bonds is 7. The number of sulfonamides is 1. The summed E-state index contributed by atoms with van der Waals surface area (Å²) in [7, 11) is -0.600. The van der Waals surface area contributed by atoms with Crippen LogP contribution in [-0.4, -0.2) is 38.5 Å². The van der Waals surface area contributed by atoms with Crippen molar-refractivity contribution in [1.82, 2.24) is 4.31 Å². The topological polar surface area (TPSA) is 66.5 Å². The fourth-order valence-electron chi connectivity index (χ4n) is 2.34. The second-order valence-corrected chi connectivity index (χ2v) is 9.94. The largest absolute Gasteiger partial charge is 0.325 e. The highest BCUT2D eigenvalue weighted by Crippen LogP contribution is 2.26. The Labute approximate surface area is 170 Å². The highest BCUT2D eigenvalue weighted by molar-refractivity contribution is 7.99. The second kappa shape index (κ2) is 9.10. The summed E-state index contributed by atoms with van der Waals surface area (Å²) in [6.07, 6.45) is 0. The number of aryl methyl sites for hydroxylation is 1. The van der Waals surface area contributed by atoms with Crippen LogP contribution in [0, 0.1) is 13.8 Å². The van der Waals surface area contributed by atoms with Crippen molar-refractivity contribution in [2.45, 2.75) is 24.5 Å². The van der Waals surface area contributed by atoms with Crippen LogP contribution in [0.25, 0.3) is 0 Å². The minimum absolute atomic E-state index is 0.166. The molecule has 2 rings (SSSR count). The van der Waals surface area contributed by atoms with E-state index in [4.69, 9.17) is 11.6 Å². The van der Waals surface area contributed by atoms with Gasteiger partial charge < -0.3 is 5.32 Å². The van der Waals surface area contributed by atoms with Crippen LogP contribution >= 0.6 is 23.4 Å². The monoisotopic (exact) mass is 426 g/mol. The normalized spacial score (nSPS) is 11.6. The molecule has 146 valence electrons. The molecule has 0 spiro atoms. The Morgan fingerprint density at radius 1 is 1.15 bits per heavy atom. The Hall–Kier alpha value is -1.54. The van der Waals surface area contributed by atoms with Crippen molar-refractivity contribution in [3.05, 3.63) is 58.1 Å². The first-order valence-electron chi connectivity index (χ1n) is 8.27. The van der Waals surface area contributed by atoms with Crippen LogP contribution in [0.2, 0.25) is 5.02 Å². The zero-order chi connectivity index (χ0) is 20.2. The molecular formula is C19H23ClN2O3S2. The third-order valence-corrected chi connectivity index (χ3v) is 7.16. The van der Waals surface area contributed by atoms with Crippen LogP contribution in [0.4, 0.5) is 5.69 Å². The molecule has 27 heavy (non-hydrogen) atoms. The number of carbonyl (C=O) groups excluding carboxylic acids is 1. The van der Waals surface area contributed by atoms with E-state index in [1.807, 2.05) is 38.1 Å². The third kappa shape index (κ3) is 5.72. The van der Waals surface area contributed by atoms with Gasteiger partial charge in [-0.1, -0.05) is 23.7 Å². The molecule has 0 atom stereocenters. The van der Waals surface area contributed by atoms with Crippen molar-refractivity contribution in [3.63, 3.8) is 0 Å². The summed E-state index contributed by atoms with van der Waals surface area (Å²) >= 11 is 7.34. The number of hydrogen-bond acceptors (Lipinski definition) is 4. The van der Waals surface area contributed by atoms with Crippen LogP contribution in [0.15, 0.2) is 41.3 Å². The fourth-order valence-corrected chi connectivity index (χ4v) is 4.27. The Bertz CT molecular complexity index is 927.